The van der Waals surface area contributed by atoms with Crippen molar-refractivity contribution in [3.8, 4) is 0 Å². The number of aromatic nitrogens is 2. The van der Waals surface area contributed by atoms with Crippen LogP contribution in [-0.2, 0) is 9.53 Å². The van der Waals surface area contributed by atoms with E-state index >= 15 is 0 Å². The Morgan fingerprint density at radius 2 is 2.21 bits per heavy atom. The average molecular weight is 212 g/mol. The summed E-state index contributed by atoms with van der Waals surface area (Å²) in [5.41, 5.74) is 0. The summed E-state index contributed by atoms with van der Waals surface area (Å²) in [7, 11) is 1.40. The van der Waals surface area contributed by atoms with E-state index in [9.17, 15) is 4.79 Å². The zero-order valence-corrected chi connectivity index (χ0v) is 8.79. The van der Waals surface area contributed by atoms with Crippen molar-refractivity contribution in [2.45, 2.75) is 18.0 Å². The third-order valence-electron chi connectivity index (χ3n) is 1.53. The maximum Gasteiger partial charge on any atom is 0.305 e. The van der Waals surface area contributed by atoms with Gasteiger partial charge in [0.25, 0.3) is 0 Å². The molecule has 0 aliphatic rings. The number of thioether (sulfide) groups is 1. The maximum atomic E-state index is 10.8. The Hall–Kier alpha value is -1.10. The summed E-state index contributed by atoms with van der Waals surface area (Å²) in [6.07, 6.45) is 4.65. The Morgan fingerprint density at radius 1 is 1.50 bits per heavy atom. The number of ether oxygens (including phenoxy) is 1. The molecule has 14 heavy (non-hydrogen) atoms. The first-order valence-corrected chi connectivity index (χ1v) is 5.28. The van der Waals surface area contributed by atoms with Crippen molar-refractivity contribution in [1.29, 1.82) is 0 Å². The van der Waals surface area contributed by atoms with Crippen molar-refractivity contribution < 1.29 is 9.53 Å². The molecule has 5 heteroatoms. The van der Waals surface area contributed by atoms with Gasteiger partial charge in [-0.25, -0.2) is 9.97 Å². The predicted molar refractivity (Wildman–Crippen MR) is 54.0 cm³/mol. The van der Waals surface area contributed by atoms with Crippen LogP contribution in [0.3, 0.4) is 0 Å². The summed E-state index contributed by atoms with van der Waals surface area (Å²) in [6, 6.07) is 1.78. The summed E-state index contributed by atoms with van der Waals surface area (Å²) in [6.45, 7) is 0. The lowest BCUT2D eigenvalue weighted by molar-refractivity contribution is -0.140. The molecule has 0 amide bonds. The molecule has 0 aromatic carbocycles. The van der Waals surface area contributed by atoms with Gasteiger partial charge in [0.15, 0.2) is 5.16 Å². The number of nitrogens with zero attached hydrogens (tertiary/aromatic N) is 2. The summed E-state index contributed by atoms with van der Waals surface area (Å²) >= 11 is 1.54. The zero-order valence-electron chi connectivity index (χ0n) is 7.97. The van der Waals surface area contributed by atoms with Crippen molar-refractivity contribution >= 4 is 17.7 Å². The summed E-state index contributed by atoms with van der Waals surface area (Å²) < 4.78 is 4.52. The molecule has 0 N–H and O–H groups in total. The van der Waals surface area contributed by atoms with Gasteiger partial charge in [0, 0.05) is 24.6 Å². The Morgan fingerprint density at radius 3 is 2.86 bits per heavy atom. The first-order valence-electron chi connectivity index (χ1n) is 4.29. The highest BCUT2D eigenvalue weighted by atomic mass is 32.2. The van der Waals surface area contributed by atoms with Crippen LogP contribution in [0.4, 0.5) is 0 Å². The SMILES string of the molecule is COC(=O)CCCSc1ncccn1. The fourth-order valence-electron chi connectivity index (χ4n) is 0.842. The van der Waals surface area contributed by atoms with Crippen LogP contribution in [0.25, 0.3) is 0 Å². The Labute approximate surface area is 87.1 Å². The van der Waals surface area contributed by atoms with Gasteiger partial charge in [0.2, 0.25) is 0 Å². The quantitative estimate of drug-likeness (QED) is 0.320. The van der Waals surface area contributed by atoms with E-state index in [1.165, 1.54) is 7.11 Å². The van der Waals surface area contributed by atoms with Crippen LogP contribution < -0.4 is 0 Å². The molecule has 1 aromatic heterocycles. The van der Waals surface area contributed by atoms with Gasteiger partial charge in [0.1, 0.15) is 0 Å². The van der Waals surface area contributed by atoms with Gasteiger partial charge in [-0.1, -0.05) is 11.8 Å². The second-order valence-electron chi connectivity index (χ2n) is 2.56. The topological polar surface area (TPSA) is 52.1 Å². The molecule has 0 spiro atoms. The fourth-order valence-corrected chi connectivity index (χ4v) is 1.58. The molecule has 1 heterocycles. The number of hydrogen-bond donors (Lipinski definition) is 0. The van der Waals surface area contributed by atoms with E-state index in [2.05, 4.69) is 14.7 Å². The minimum absolute atomic E-state index is 0.167. The molecule has 76 valence electrons. The fraction of sp³-hybridized carbons (Fsp3) is 0.444. The molecule has 0 aliphatic heterocycles. The van der Waals surface area contributed by atoms with Crippen LogP contribution in [0.5, 0.6) is 0 Å². The molecule has 1 rings (SSSR count). The van der Waals surface area contributed by atoms with E-state index < -0.39 is 0 Å². The lowest BCUT2D eigenvalue weighted by Crippen LogP contribution is -2.00. The molecule has 0 fully saturated rings. The molecule has 4 nitrogen and oxygen atoms in total. The summed E-state index contributed by atoms with van der Waals surface area (Å²) in [4.78, 5) is 18.9. The lowest BCUT2D eigenvalue weighted by Gasteiger charge is -1.98. The maximum absolute atomic E-state index is 10.8. The monoisotopic (exact) mass is 212 g/mol. The van der Waals surface area contributed by atoms with E-state index in [4.69, 9.17) is 0 Å². The molecule has 0 aliphatic carbocycles. The van der Waals surface area contributed by atoms with Crippen molar-refractivity contribution in [2.75, 3.05) is 12.9 Å². The average Bonchev–Trinajstić information content (AvgIpc) is 2.25. The molecular weight excluding hydrogens is 200 g/mol. The molecule has 0 radical (unpaired) electrons. The van der Waals surface area contributed by atoms with E-state index in [1.54, 1.807) is 30.2 Å². The molecule has 0 atom stereocenters. The molecule has 0 unspecified atom stereocenters. The highest BCUT2D eigenvalue weighted by molar-refractivity contribution is 7.99. The van der Waals surface area contributed by atoms with Crippen LogP contribution in [0.1, 0.15) is 12.8 Å². The summed E-state index contributed by atoms with van der Waals surface area (Å²) in [5.74, 6) is 0.665. The van der Waals surface area contributed by atoms with Gasteiger partial charge in [-0.05, 0) is 12.5 Å². The first kappa shape index (κ1) is 11.0. The van der Waals surface area contributed by atoms with Crippen molar-refractivity contribution in [1.82, 2.24) is 9.97 Å². The molecular formula is C9H12N2O2S. The lowest BCUT2D eigenvalue weighted by atomic mass is 10.3. The predicted octanol–water partition coefficient (Wildman–Crippen LogP) is 1.52. The van der Waals surface area contributed by atoms with E-state index in [0.717, 1.165) is 17.3 Å². The van der Waals surface area contributed by atoms with E-state index in [0.29, 0.717) is 6.42 Å². The van der Waals surface area contributed by atoms with Gasteiger partial charge in [-0.3, -0.25) is 4.79 Å². The molecule has 1 aromatic rings. The van der Waals surface area contributed by atoms with Crippen molar-refractivity contribution in [3.63, 3.8) is 0 Å². The van der Waals surface area contributed by atoms with Crippen molar-refractivity contribution in [3.05, 3.63) is 18.5 Å². The number of rotatable bonds is 5. The van der Waals surface area contributed by atoms with Gasteiger partial charge in [-0.2, -0.15) is 0 Å². The number of hydrogen-bond acceptors (Lipinski definition) is 5. The molecule has 0 bridgehead atoms. The van der Waals surface area contributed by atoms with Crippen LogP contribution in [0, 0.1) is 0 Å². The Kier molecular flexibility index (Phi) is 4.99. The Bertz CT molecular complexity index is 279. The highest BCUT2D eigenvalue weighted by Crippen LogP contribution is 2.12. The van der Waals surface area contributed by atoms with Gasteiger partial charge in [-0.15, -0.1) is 0 Å². The number of methoxy groups -OCH3 is 1. The molecule has 0 saturated heterocycles. The van der Waals surface area contributed by atoms with Crippen molar-refractivity contribution in [2.24, 2.45) is 0 Å². The van der Waals surface area contributed by atoms with Crippen LogP contribution in [0.15, 0.2) is 23.6 Å². The van der Waals surface area contributed by atoms with Gasteiger partial charge < -0.3 is 4.74 Å². The largest absolute Gasteiger partial charge is 0.469 e. The minimum atomic E-state index is -0.167. The normalized spacial score (nSPS) is 9.79. The number of carbonyl (C=O) groups excluding carboxylic acids is 1. The highest BCUT2D eigenvalue weighted by Gasteiger charge is 2.00. The third-order valence-corrected chi connectivity index (χ3v) is 2.49. The molecule has 0 saturated carbocycles. The van der Waals surface area contributed by atoms with Gasteiger partial charge >= 0.3 is 5.97 Å². The number of carbonyl (C=O) groups is 1. The second kappa shape index (κ2) is 6.37. The second-order valence-corrected chi connectivity index (χ2v) is 3.62. The Balaban J connectivity index is 2.13. The standard InChI is InChI=1S/C9H12N2O2S/c1-13-8(12)4-2-7-14-9-10-5-3-6-11-9/h3,5-6H,2,4,7H2,1H3. The smallest absolute Gasteiger partial charge is 0.305 e. The van der Waals surface area contributed by atoms with Crippen LogP contribution in [0.2, 0.25) is 0 Å². The van der Waals surface area contributed by atoms with E-state index in [1.807, 2.05) is 0 Å². The summed E-state index contributed by atoms with van der Waals surface area (Å²) in [5, 5.41) is 0.748. The van der Waals surface area contributed by atoms with Crippen LogP contribution >= 0.6 is 11.8 Å². The van der Waals surface area contributed by atoms with Gasteiger partial charge in [0.05, 0.1) is 7.11 Å². The third kappa shape index (κ3) is 4.23. The first-order chi connectivity index (χ1) is 6.83. The zero-order chi connectivity index (χ0) is 10.2. The van der Waals surface area contributed by atoms with Crippen LogP contribution in [-0.4, -0.2) is 28.8 Å². The minimum Gasteiger partial charge on any atom is -0.469 e. The number of esters is 1. The van der Waals surface area contributed by atoms with E-state index in [-0.39, 0.29) is 5.97 Å².